The minimum atomic E-state index is 0.253. The maximum atomic E-state index is 6.13. The van der Waals surface area contributed by atoms with Gasteiger partial charge in [-0.15, -0.1) is 0 Å². The number of hydrogen-bond donors (Lipinski definition) is 2. The molecule has 0 aliphatic carbocycles. The molecule has 0 amide bonds. The number of nitrogens with one attached hydrogen (secondary N) is 2. The second kappa shape index (κ2) is 6.02. The highest BCUT2D eigenvalue weighted by Crippen LogP contribution is 2.22. The Hall–Kier alpha value is -1.62. The van der Waals surface area contributed by atoms with Gasteiger partial charge in [0.25, 0.3) is 0 Å². The number of H-pyrrole nitrogens is 1. The SMILES string of the molecule is Cc1c(Cl)nc(C(C)C)nc1NCCc1ncc[nH]1. The summed E-state index contributed by atoms with van der Waals surface area (Å²) in [7, 11) is 0. The number of hydrogen-bond acceptors (Lipinski definition) is 4. The summed E-state index contributed by atoms with van der Waals surface area (Å²) in [6.07, 6.45) is 4.38. The van der Waals surface area contributed by atoms with Gasteiger partial charge in [0.2, 0.25) is 0 Å². The normalized spacial score (nSPS) is 11.0. The van der Waals surface area contributed by atoms with Crippen LogP contribution >= 0.6 is 11.6 Å². The van der Waals surface area contributed by atoms with E-state index in [-0.39, 0.29) is 5.92 Å². The van der Waals surface area contributed by atoms with Crippen molar-refractivity contribution in [3.8, 4) is 0 Å². The minimum absolute atomic E-state index is 0.253. The molecule has 0 unspecified atom stereocenters. The van der Waals surface area contributed by atoms with Crippen LogP contribution in [0.4, 0.5) is 5.82 Å². The van der Waals surface area contributed by atoms with Crippen molar-refractivity contribution in [1.82, 2.24) is 19.9 Å². The van der Waals surface area contributed by atoms with E-state index in [4.69, 9.17) is 11.6 Å². The average molecular weight is 280 g/mol. The van der Waals surface area contributed by atoms with Crippen LogP contribution in [-0.4, -0.2) is 26.5 Å². The zero-order valence-corrected chi connectivity index (χ0v) is 12.1. The molecule has 0 aromatic carbocycles. The van der Waals surface area contributed by atoms with Gasteiger partial charge >= 0.3 is 0 Å². The van der Waals surface area contributed by atoms with Crippen molar-refractivity contribution in [3.63, 3.8) is 0 Å². The third-order valence-corrected chi connectivity index (χ3v) is 3.20. The maximum Gasteiger partial charge on any atom is 0.137 e. The number of aromatic nitrogens is 4. The number of aromatic amines is 1. The van der Waals surface area contributed by atoms with Crippen LogP contribution < -0.4 is 5.32 Å². The summed E-state index contributed by atoms with van der Waals surface area (Å²) in [6.45, 7) is 6.77. The molecule has 19 heavy (non-hydrogen) atoms. The third kappa shape index (κ3) is 3.44. The molecule has 6 heteroatoms. The lowest BCUT2D eigenvalue weighted by molar-refractivity contribution is 0.770. The Morgan fingerprint density at radius 2 is 2.16 bits per heavy atom. The summed E-state index contributed by atoms with van der Waals surface area (Å²) in [5, 5.41) is 3.80. The molecule has 2 heterocycles. The van der Waals surface area contributed by atoms with Crippen molar-refractivity contribution in [1.29, 1.82) is 0 Å². The molecule has 2 aromatic heterocycles. The van der Waals surface area contributed by atoms with E-state index in [1.54, 1.807) is 6.20 Å². The fraction of sp³-hybridized carbons (Fsp3) is 0.462. The summed E-state index contributed by atoms with van der Waals surface area (Å²) < 4.78 is 0. The van der Waals surface area contributed by atoms with Gasteiger partial charge < -0.3 is 10.3 Å². The van der Waals surface area contributed by atoms with E-state index >= 15 is 0 Å². The van der Waals surface area contributed by atoms with E-state index in [9.17, 15) is 0 Å². The van der Waals surface area contributed by atoms with Crippen LogP contribution in [0.15, 0.2) is 12.4 Å². The zero-order valence-electron chi connectivity index (χ0n) is 11.4. The second-order valence-electron chi connectivity index (χ2n) is 4.71. The van der Waals surface area contributed by atoms with Crippen molar-refractivity contribution in [3.05, 3.63) is 34.8 Å². The molecule has 0 saturated carbocycles. The molecule has 0 spiro atoms. The Balaban J connectivity index is 2.06. The van der Waals surface area contributed by atoms with Gasteiger partial charge in [-0.1, -0.05) is 25.4 Å². The first kappa shape index (κ1) is 13.8. The van der Waals surface area contributed by atoms with E-state index in [0.29, 0.717) is 5.15 Å². The Bertz CT molecular complexity index is 536. The summed E-state index contributed by atoms with van der Waals surface area (Å²) in [6, 6.07) is 0. The van der Waals surface area contributed by atoms with Crippen molar-refractivity contribution >= 4 is 17.4 Å². The van der Waals surface area contributed by atoms with E-state index < -0.39 is 0 Å². The Kier molecular flexibility index (Phi) is 4.37. The molecular formula is C13H18ClN5. The van der Waals surface area contributed by atoms with Gasteiger partial charge in [-0.3, -0.25) is 0 Å². The monoisotopic (exact) mass is 279 g/mol. The molecule has 5 nitrogen and oxygen atoms in total. The highest BCUT2D eigenvalue weighted by molar-refractivity contribution is 6.30. The van der Waals surface area contributed by atoms with Crippen LogP contribution in [0.5, 0.6) is 0 Å². The van der Waals surface area contributed by atoms with Gasteiger partial charge in [0, 0.05) is 36.8 Å². The number of imidazole rings is 1. The number of rotatable bonds is 5. The van der Waals surface area contributed by atoms with E-state index in [1.165, 1.54) is 0 Å². The highest BCUT2D eigenvalue weighted by atomic mass is 35.5. The number of halogens is 1. The lowest BCUT2D eigenvalue weighted by atomic mass is 10.2. The lowest BCUT2D eigenvalue weighted by Crippen LogP contribution is -2.11. The molecule has 0 aliphatic heterocycles. The van der Waals surface area contributed by atoms with E-state index in [0.717, 1.165) is 36.0 Å². The first-order valence-electron chi connectivity index (χ1n) is 6.34. The molecule has 0 atom stereocenters. The second-order valence-corrected chi connectivity index (χ2v) is 5.07. The lowest BCUT2D eigenvalue weighted by Gasteiger charge is -2.12. The molecule has 0 fully saturated rings. The average Bonchev–Trinajstić information content (AvgIpc) is 2.87. The molecule has 0 radical (unpaired) electrons. The van der Waals surface area contributed by atoms with E-state index in [1.807, 2.05) is 27.0 Å². The van der Waals surface area contributed by atoms with E-state index in [2.05, 4.69) is 25.3 Å². The van der Waals surface area contributed by atoms with Crippen molar-refractivity contribution in [2.75, 3.05) is 11.9 Å². The topological polar surface area (TPSA) is 66.5 Å². The number of anilines is 1. The predicted molar refractivity (Wildman–Crippen MR) is 76.6 cm³/mol. The standard InChI is InChI=1S/C13H18ClN5/c1-8(2)12-18-11(14)9(3)13(19-12)17-5-4-10-15-6-7-16-10/h6-8H,4-5H2,1-3H3,(H,15,16)(H,17,18,19). The maximum absolute atomic E-state index is 6.13. The fourth-order valence-corrected chi connectivity index (χ4v) is 1.85. The molecular weight excluding hydrogens is 262 g/mol. The number of nitrogens with zero attached hydrogens (tertiary/aromatic N) is 3. The molecule has 102 valence electrons. The zero-order chi connectivity index (χ0) is 13.8. The van der Waals surface area contributed by atoms with Crippen molar-refractivity contribution in [2.24, 2.45) is 0 Å². The van der Waals surface area contributed by atoms with Crippen LogP contribution in [0.3, 0.4) is 0 Å². The van der Waals surface area contributed by atoms with Crippen LogP contribution in [0, 0.1) is 6.92 Å². The van der Waals surface area contributed by atoms with Gasteiger partial charge in [-0.05, 0) is 6.92 Å². The molecule has 0 saturated heterocycles. The summed E-state index contributed by atoms with van der Waals surface area (Å²) >= 11 is 6.13. The van der Waals surface area contributed by atoms with Crippen LogP contribution in [0.2, 0.25) is 5.15 Å². The first-order valence-corrected chi connectivity index (χ1v) is 6.72. The molecule has 2 aromatic rings. The summed E-state index contributed by atoms with van der Waals surface area (Å²) in [5.41, 5.74) is 0.880. The first-order chi connectivity index (χ1) is 9.08. The van der Waals surface area contributed by atoms with Crippen molar-refractivity contribution < 1.29 is 0 Å². The largest absolute Gasteiger partial charge is 0.369 e. The summed E-state index contributed by atoms with van der Waals surface area (Å²) in [4.78, 5) is 16.0. The van der Waals surface area contributed by atoms with Gasteiger partial charge in [0.1, 0.15) is 22.6 Å². The van der Waals surface area contributed by atoms with Gasteiger partial charge in [-0.25, -0.2) is 15.0 Å². The molecule has 0 aliphatic rings. The Morgan fingerprint density at radius 3 is 2.79 bits per heavy atom. The van der Waals surface area contributed by atoms with Crippen molar-refractivity contribution in [2.45, 2.75) is 33.1 Å². The smallest absolute Gasteiger partial charge is 0.137 e. The highest BCUT2D eigenvalue weighted by Gasteiger charge is 2.11. The predicted octanol–water partition coefficient (Wildman–Crippen LogP) is 2.94. The Labute approximate surface area is 117 Å². The fourth-order valence-electron chi connectivity index (χ4n) is 1.67. The van der Waals surface area contributed by atoms with Crippen LogP contribution in [-0.2, 0) is 6.42 Å². The third-order valence-electron chi connectivity index (χ3n) is 2.83. The molecule has 2 N–H and O–H groups in total. The minimum Gasteiger partial charge on any atom is -0.369 e. The molecule has 2 rings (SSSR count). The van der Waals surface area contributed by atoms with Crippen LogP contribution in [0.1, 0.15) is 37.0 Å². The quantitative estimate of drug-likeness (QED) is 0.826. The molecule has 0 bridgehead atoms. The van der Waals surface area contributed by atoms with Crippen LogP contribution in [0.25, 0.3) is 0 Å². The summed E-state index contributed by atoms with van der Waals surface area (Å²) in [5.74, 6) is 2.77. The van der Waals surface area contributed by atoms with Gasteiger partial charge in [0.15, 0.2) is 0 Å². The van der Waals surface area contributed by atoms with Gasteiger partial charge in [-0.2, -0.15) is 0 Å². The Morgan fingerprint density at radius 1 is 1.37 bits per heavy atom. The van der Waals surface area contributed by atoms with Gasteiger partial charge in [0.05, 0.1) is 0 Å².